The Hall–Kier alpha value is -3.88. The van der Waals surface area contributed by atoms with E-state index in [0.29, 0.717) is 6.61 Å². The van der Waals surface area contributed by atoms with E-state index in [9.17, 15) is 5.11 Å². The molecule has 0 aromatic heterocycles. The van der Waals surface area contributed by atoms with E-state index in [4.69, 9.17) is 4.74 Å². The average Bonchev–Trinajstić information content (AvgIpc) is 2.86. The fourth-order valence-electron chi connectivity index (χ4n) is 4.04. The maximum atomic E-state index is 9.53. The van der Waals surface area contributed by atoms with Gasteiger partial charge in [-0.25, -0.2) is 0 Å². The number of hydrogen-bond acceptors (Lipinski definition) is 2. The molecule has 0 aliphatic heterocycles. The molecule has 0 fully saturated rings. The van der Waals surface area contributed by atoms with Crippen molar-refractivity contribution in [3.63, 3.8) is 0 Å². The lowest BCUT2D eigenvalue weighted by Crippen LogP contribution is -2.06. The van der Waals surface area contributed by atoms with Gasteiger partial charge in [-0.15, -0.1) is 0 Å². The van der Waals surface area contributed by atoms with Crippen molar-refractivity contribution in [2.75, 3.05) is 0 Å². The van der Waals surface area contributed by atoms with Gasteiger partial charge in [0.25, 0.3) is 0 Å². The Morgan fingerprint density at radius 2 is 1.12 bits per heavy atom. The van der Waals surface area contributed by atoms with E-state index in [2.05, 4.69) is 84.9 Å². The summed E-state index contributed by atoms with van der Waals surface area (Å²) in [5, 5.41) is 11.9. The smallest absolute Gasteiger partial charge is 0.115 e. The highest BCUT2D eigenvalue weighted by Gasteiger charge is 2.14. The topological polar surface area (TPSA) is 29.5 Å². The van der Waals surface area contributed by atoms with Gasteiger partial charge in [-0.05, 0) is 62.9 Å². The Kier molecular flexibility index (Phi) is 5.69. The van der Waals surface area contributed by atoms with Crippen molar-refractivity contribution in [3.05, 3.63) is 138 Å². The van der Waals surface area contributed by atoms with Crippen molar-refractivity contribution in [1.82, 2.24) is 0 Å². The molecule has 0 radical (unpaired) electrons. The lowest BCUT2D eigenvalue weighted by Gasteiger charge is -2.19. The zero-order chi connectivity index (χ0) is 21.8. The van der Waals surface area contributed by atoms with Crippen LogP contribution in [0.4, 0.5) is 0 Å². The molecular formula is C30H24O2. The van der Waals surface area contributed by atoms with E-state index in [1.807, 2.05) is 24.3 Å². The molecule has 0 saturated heterocycles. The monoisotopic (exact) mass is 416 g/mol. The molecule has 0 aliphatic carbocycles. The van der Waals surface area contributed by atoms with Gasteiger partial charge < -0.3 is 9.84 Å². The molecule has 0 saturated carbocycles. The van der Waals surface area contributed by atoms with Crippen LogP contribution in [0.1, 0.15) is 22.8 Å². The van der Waals surface area contributed by atoms with Crippen LogP contribution in [0.3, 0.4) is 0 Å². The average molecular weight is 417 g/mol. The summed E-state index contributed by atoms with van der Waals surface area (Å²) in [6, 6.07) is 41.0. The summed E-state index contributed by atoms with van der Waals surface area (Å²) in [7, 11) is 0. The first-order valence-corrected chi connectivity index (χ1v) is 10.8. The van der Waals surface area contributed by atoms with Crippen LogP contribution in [0.25, 0.3) is 21.9 Å². The van der Waals surface area contributed by atoms with E-state index in [1.54, 1.807) is 12.1 Å². The largest absolute Gasteiger partial charge is 0.508 e. The number of fused-ring (bicyclic) bond motifs is 1. The van der Waals surface area contributed by atoms with Crippen molar-refractivity contribution in [2.24, 2.45) is 0 Å². The minimum atomic E-state index is -0.107. The van der Waals surface area contributed by atoms with E-state index in [0.717, 1.165) is 27.8 Å². The first-order valence-electron chi connectivity index (χ1n) is 10.8. The van der Waals surface area contributed by atoms with Gasteiger partial charge in [0.2, 0.25) is 0 Å². The third-order valence-corrected chi connectivity index (χ3v) is 5.73. The summed E-state index contributed by atoms with van der Waals surface area (Å²) in [6.45, 7) is 0.532. The number of aromatic hydroxyl groups is 1. The molecular weight excluding hydrogens is 392 g/mol. The van der Waals surface area contributed by atoms with Gasteiger partial charge in [0.15, 0.2) is 0 Å². The molecule has 0 aliphatic rings. The number of hydrogen-bond donors (Lipinski definition) is 1. The Bertz CT molecular complexity index is 1270. The third-order valence-electron chi connectivity index (χ3n) is 5.73. The normalized spacial score (nSPS) is 11.2. The van der Waals surface area contributed by atoms with Gasteiger partial charge in [-0.1, -0.05) is 97.1 Å². The van der Waals surface area contributed by atoms with Gasteiger partial charge in [0.05, 0.1) is 6.61 Å². The minimum Gasteiger partial charge on any atom is -0.508 e. The highest BCUT2D eigenvalue weighted by molar-refractivity contribution is 5.87. The van der Waals surface area contributed by atoms with E-state index in [-0.39, 0.29) is 11.9 Å². The summed E-state index contributed by atoms with van der Waals surface area (Å²) in [5.41, 5.74) is 5.67. The van der Waals surface area contributed by atoms with Crippen molar-refractivity contribution in [3.8, 4) is 16.9 Å². The Labute approximate surface area is 188 Å². The van der Waals surface area contributed by atoms with Crippen molar-refractivity contribution in [2.45, 2.75) is 12.7 Å². The molecule has 5 aromatic carbocycles. The van der Waals surface area contributed by atoms with Crippen LogP contribution in [0.15, 0.2) is 121 Å². The summed E-state index contributed by atoms with van der Waals surface area (Å²) in [5.74, 6) is 0.281. The Balaban J connectivity index is 1.38. The zero-order valence-electron chi connectivity index (χ0n) is 17.7. The van der Waals surface area contributed by atoms with Gasteiger partial charge in [-0.2, -0.15) is 0 Å². The summed E-state index contributed by atoms with van der Waals surface area (Å²) >= 11 is 0. The number of phenolic OH excluding ortho intramolecular Hbond substituents is 1. The van der Waals surface area contributed by atoms with Gasteiger partial charge in [-0.3, -0.25) is 0 Å². The van der Waals surface area contributed by atoms with E-state index in [1.165, 1.54) is 10.8 Å². The molecule has 0 bridgehead atoms. The third kappa shape index (κ3) is 4.41. The maximum Gasteiger partial charge on any atom is 0.115 e. The standard InChI is InChI=1S/C30H24O2/c31-29-17-15-23(16-18-29)27-14-13-26-19-22(11-12-28(26)20-27)21-32-30(24-7-3-1-4-8-24)25-9-5-2-6-10-25/h1-20,30-31H,21H2. The maximum absolute atomic E-state index is 9.53. The highest BCUT2D eigenvalue weighted by Crippen LogP contribution is 2.29. The van der Waals surface area contributed by atoms with Crippen LogP contribution in [-0.4, -0.2) is 5.11 Å². The molecule has 0 unspecified atom stereocenters. The van der Waals surface area contributed by atoms with Crippen LogP contribution < -0.4 is 0 Å². The lowest BCUT2D eigenvalue weighted by atomic mass is 9.99. The second-order valence-corrected chi connectivity index (χ2v) is 7.96. The molecule has 2 heteroatoms. The molecule has 2 nitrogen and oxygen atoms in total. The number of rotatable bonds is 6. The highest BCUT2D eigenvalue weighted by atomic mass is 16.5. The molecule has 0 atom stereocenters. The van der Waals surface area contributed by atoms with Crippen LogP contribution in [-0.2, 0) is 11.3 Å². The van der Waals surface area contributed by atoms with Crippen LogP contribution >= 0.6 is 0 Å². The van der Waals surface area contributed by atoms with Gasteiger partial charge >= 0.3 is 0 Å². The quantitative estimate of drug-likeness (QED) is 0.310. The van der Waals surface area contributed by atoms with Gasteiger partial charge in [0.1, 0.15) is 11.9 Å². The Morgan fingerprint density at radius 1 is 0.562 bits per heavy atom. The molecule has 5 rings (SSSR count). The molecule has 156 valence electrons. The summed E-state index contributed by atoms with van der Waals surface area (Å²) in [6.07, 6.45) is -0.107. The number of phenols is 1. The number of benzene rings is 5. The molecule has 0 heterocycles. The summed E-state index contributed by atoms with van der Waals surface area (Å²) < 4.78 is 6.43. The fraction of sp³-hybridized carbons (Fsp3) is 0.0667. The fourth-order valence-corrected chi connectivity index (χ4v) is 4.04. The molecule has 0 amide bonds. The van der Waals surface area contributed by atoms with Gasteiger partial charge in [0, 0.05) is 0 Å². The minimum absolute atomic E-state index is 0.107. The van der Waals surface area contributed by atoms with Crippen LogP contribution in [0.5, 0.6) is 5.75 Å². The predicted octanol–water partition coefficient (Wildman–Crippen LogP) is 7.52. The zero-order valence-corrected chi connectivity index (χ0v) is 17.7. The second-order valence-electron chi connectivity index (χ2n) is 7.96. The summed E-state index contributed by atoms with van der Waals surface area (Å²) in [4.78, 5) is 0. The van der Waals surface area contributed by atoms with Crippen molar-refractivity contribution >= 4 is 10.8 Å². The SMILES string of the molecule is Oc1ccc(-c2ccc3cc(COC(c4ccccc4)c4ccccc4)ccc3c2)cc1. The van der Waals surface area contributed by atoms with Crippen LogP contribution in [0.2, 0.25) is 0 Å². The van der Waals surface area contributed by atoms with Crippen molar-refractivity contribution < 1.29 is 9.84 Å². The van der Waals surface area contributed by atoms with Crippen molar-refractivity contribution in [1.29, 1.82) is 0 Å². The second kappa shape index (κ2) is 9.09. The number of ether oxygens (including phenoxy) is 1. The molecule has 1 N–H and O–H groups in total. The van der Waals surface area contributed by atoms with E-state index >= 15 is 0 Å². The first kappa shape index (κ1) is 20.0. The lowest BCUT2D eigenvalue weighted by molar-refractivity contribution is 0.0668. The molecule has 0 spiro atoms. The molecule has 32 heavy (non-hydrogen) atoms. The Morgan fingerprint density at radius 3 is 1.78 bits per heavy atom. The van der Waals surface area contributed by atoms with Crippen LogP contribution in [0, 0.1) is 0 Å². The first-order chi connectivity index (χ1) is 15.8. The molecule has 5 aromatic rings. The van der Waals surface area contributed by atoms with E-state index < -0.39 is 0 Å². The predicted molar refractivity (Wildman–Crippen MR) is 131 cm³/mol.